The van der Waals surface area contributed by atoms with E-state index >= 15 is 0 Å². The highest BCUT2D eigenvalue weighted by Crippen LogP contribution is 2.21. The zero-order valence-electron chi connectivity index (χ0n) is 11.3. The van der Waals surface area contributed by atoms with Crippen molar-refractivity contribution in [3.8, 4) is 0 Å². The maximum atomic E-state index is 13.7. The van der Waals surface area contributed by atoms with Gasteiger partial charge in [0.2, 0.25) is 10.0 Å². The Morgan fingerprint density at radius 1 is 1.32 bits per heavy atom. The summed E-state index contributed by atoms with van der Waals surface area (Å²) in [5.74, 6) is -0.507. The number of hydrogen-bond donors (Lipinski definition) is 1. The lowest BCUT2D eigenvalue weighted by atomic mass is 9.96. The standard InChI is InChI=1S/C13H19BrFNO2S/c1-4-10(5-2)9(3)16-19(17,18)13-7-6-11(14)8-12(13)15/h6-10,16H,4-5H2,1-3H3. The minimum Gasteiger partial charge on any atom is -0.208 e. The molecule has 0 fully saturated rings. The third-order valence-corrected chi connectivity index (χ3v) is 5.37. The van der Waals surface area contributed by atoms with Crippen LogP contribution in [-0.4, -0.2) is 14.5 Å². The molecule has 1 aromatic carbocycles. The van der Waals surface area contributed by atoms with E-state index in [4.69, 9.17) is 0 Å². The van der Waals surface area contributed by atoms with Gasteiger partial charge in [-0.3, -0.25) is 0 Å². The lowest BCUT2D eigenvalue weighted by Crippen LogP contribution is -2.38. The van der Waals surface area contributed by atoms with Gasteiger partial charge in [0.15, 0.2) is 0 Å². The van der Waals surface area contributed by atoms with Crippen molar-refractivity contribution < 1.29 is 12.8 Å². The molecule has 0 aromatic heterocycles. The summed E-state index contributed by atoms with van der Waals surface area (Å²) in [6.07, 6.45) is 1.76. The predicted molar refractivity (Wildman–Crippen MR) is 78.0 cm³/mol. The summed E-state index contributed by atoms with van der Waals surface area (Å²) >= 11 is 3.10. The summed E-state index contributed by atoms with van der Waals surface area (Å²) in [4.78, 5) is -0.312. The molecule has 0 heterocycles. The summed E-state index contributed by atoms with van der Waals surface area (Å²) in [7, 11) is -3.82. The van der Waals surface area contributed by atoms with E-state index in [0.29, 0.717) is 4.47 Å². The lowest BCUT2D eigenvalue weighted by Gasteiger charge is -2.22. The lowest BCUT2D eigenvalue weighted by molar-refractivity contribution is 0.390. The quantitative estimate of drug-likeness (QED) is 0.849. The number of nitrogens with one attached hydrogen (secondary N) is 1. The van der Waals surface area contributed by atoms with Crippen LogP contribution in [0.4, 0.5) is 4.39 Å². The van der Waals surface area contributed by atoms with Crippen LogP contribution in [-0.2, 0) is 10.0 Å². The van der Waals surface area contributed by atoms with Crippen molar-refractivity contribution in [1.29, 1.82) is 0 Å². The maximum Gasteiger partial charge on any atom is 0.243 e. The molecule has 19 heavy (non-hydrogen) atoms. The van der Waals surface area contributed by atoms with Crippen LogP contribution in [0.15, 0.2) is 27.6 Å². The Morgan fingerprint density at radius 2 is 1.89 bits per heavy atom. The molecule has 0 aliphatic heterocycles. The summed E-state index contributed by atoms with van der Waals surface area (Å²) in [5.41, 5.74) is 0. The topological polar surface area (TPSA) is 46.2 Å². The van der Waals surface area contributed by atoms with E-state index in [2.05, 4.69) is 20.7 Å². The van der Waals surface area contributed by atoms with E-state index in [0.717, 1.165) is 18.9 Å². The Bertz CT molecular complexity index is 529. The van der Waals surface area contributed by atoms with Gasteiger partial charge in [-0.15, -0.1) is 0 Å². The van der Waals surface area contributed by atoms with Crippen molar-refractivity contribution in [2.75, 3.05) is 0 Å². The molecule has 0 saturated heterocycles. The molecule has 0 bridgehead atoms. The molecule has 1 atom stereocenters. The van der Waals surface area contributed by atoms with Crippen molar-refractivity contribution in [2.24, 2.45) is 5.92 Å². The molecule has 108 valence electrons. The molecule has 0 aliphatic rings. The van der Waals surface area contributed by atoms with Crippen LogP contribution in [0.3, 0.4) is 0 Å². The monoisotopic (exact) mass is 351 g/mol. The molecule has 3 nitrogen and oxygen atoms in total. The highest BCUT2D eigenvalue weighted by Gasteiger charge is 2.24. The van der Waals surface area contributed by atoms with Crippen molar-refractivity contribution in [3.63, 3.8) is 0 Å². The molecule has 0 spiro atoms. The second-order valence-corrected chi connectivity index (χ2v) is 7.16. The molecule has 1 unspecified atom stereocenters. The predicted octanol–water partition coefficient (Wildman–Crippen LogP) is 3.69. The molecule has 6 heteroatoms. The van der Waals surface area contributed by atoms with E-state index in [1.807, 2.05) is 20.8 Å². The summed E-state index contributed by atoms with van der Waals surface area (Å²) in [6.45, 7) is 5.84. The molecule has 0 radical (unpaired) electrons. The Hall–Kier alpha value is -0.460. The van der Waals surface area contributed by atoms with Crippen LogP contribution in [0, 0.1) is 11.7 Å². The average Bonchev–Trinajstić information content (AvgIpc) is 2.29. The number of hydrogen-bond acceptors (Lipinski definition) is 2. The van der Waals surface area contributed by atoms with Crippen molar-refractivity contribution in [3.05, 3.63) is 28.5 Å². The van der Waals surface area contributed by atoms with Crippen LogP contribution in [0.2, 0.25) is 0 Å². The van der Waals surface area contributed by atoms with Crippen LogP contribution in [0.25, 0.3) is 0 Å². The number of halogens is 2. The molecule has 1 rings (SSSR count). The van der Waals surface area contributed by atoms with Crippen molar-refractivity contribution >= 4 is 26.0 Å². The SMILES string of the molecule is CCC(CC)C(C)NS(=O)(=O)c1ccc(Br)cc1F. The Kier molecular flexibility index (Phi) is 5.95. The van der Waals surface area contributed by atoms with Gasteiger partial charge in [-0.2, -0.15) is 0 Å². The maximum absolute atomic E-state index is 13.7. The first-order valence-electron chi connectivity index (χ1n) is 6.29. The van der Waals surface area contributed by atoms with Gasteiger partial charge in [0.05, 0.1) is 0 Å². The van der Waals surface area contributed by atoms with E-state index in [-0.39, 0.29) is 16.9 Å². The van der Waals surface area contributed by atoms with E-state index in [9.17, 15) is 12.8 Å². The van der Waals surface area contributed by atoms with Crippen LogP contribution < -0.4 is 4.72 Å². The minimum atomic E-state index is -3.82. The first kappa shape index (κ1) is 16.6. The summed E-state index contributed by atoms with van der Waals surface area (Å²) in [5, 5.41) is 0. The summed E-state index contributed by atoms with van der Waals surface area (Å²) in [6, 6.07) is 3.71. The average molecular weight is 352 g/mol. The van der Waals surface area contributed by atoms with Gasteiger partial charge in [0.25, 0.3) is 0 Å². The Morgan fingerprint density at radius 3 is 2.37 bits per heavy atom. The van der Waals surface area contributed by atoms with Crippen LogP contribution >= 0.6 is 15.9 Å². The molecular weight excluding hydrogens is 333 g/mol. The van der Waals surface area contributed by atoms with Crippen LogP contribution in [0.5, 0.6) is 0 Å². The first-order chi connectivity index (χ1) is 8.81. The second kappa shape index (κ2) is 6.81. The van der Waals surface area contributed by atoms with Gasteiger partial charge < -0.3 is 0 Å². The molecule has 0 aliphatic carbocycles. The van der Waals surface area contributed by atoms with E-state index in [1.54, 1.807) is 0 Å². The molecule has 0 amide bonds. The Balaban J connectivity index is 2.98. The minimum absolute atomic E-state index is 0.219. The first-order valence-corrected chi connectivity index (χ1v) is 8.56. The molecule has 1 N–H and O–H groups in total. The number of sulfonamides is 1. The summed E-state index contributed by atoms with van der Waals surface area (Å²) < 4.78 is 41.1. The zero-order valence-corrected chi connectivity index (χ0v) is 13.7. The fourth-order valence-electron chi connectivity index (χ4n) is 2.09. The third-order valence-electron chi connectivity index (χ3n) is 3.28. The number of benzene rings is 1. The molecule has 1 aromatic rings. The molecular formula is C13H19BrFNO2S. The van der Waals surface area contributed by atoms with Gasteiger partial charge in [-0.25, -0.2) is 17.5 Å². The normalized spacial score (nSPS) is 13.8. The van der Waals surface area contributed by atoms with E-state index < -0.39 is 15.8 Å². The third kappa shape index (κ3) is 4.26. The second-order valence-electron chi connectivity index (χ2n) is 4.56. The van der Waals surface area contributed by atoms with Crippen molar-refractivity contribution in [2.45, 2.75) is 44.6 Å². The van der Waals surface area contributed by atoms with Gasteiger partial charge >= 0.3 is 0 Å². The van der Waals surface area contributed by atoms with Gasteiger partial charge in [-0.1, -0.05) is 42.6 Å². The number of rotatable bonds is 6. The fraction of sp³-hybridized carbons (Fsp3) is 0.538. The molecule has 0 saturated carbocycles. The zero-order chi connectivity index (χ0) is 14.6. The smallest absolute Gasteiger partial charge is 0.208 e. The van der Waals surface area contributed by atoms with Gasteiger partial charge in [-0.05, 0) is 31.0 Å². The largest absolute Gasteiger partial charge is 0.243 e. The van der Waals surface area contributed by atoms with Gasteiger partial charge in [0, 0.05) is 10.5 Å². The van der Waals surface area contributed by atoms with Gasteiger partial charge in [0.1, 0.15) is 10.7 Å². The van der Waals surface area contributed by atoms with E-state index in [1.165, 1.54) is 12.1 Å². The van der Waals surface area contributed by atoms with Crippen LogP contribution in [0.1, 0.15) is 33.6 Å². The highest BCUT2D eigenvalue weighted by molar-refractivity contribution is 9.10. The fourth-order valence-corrected chi connectivity index (χ4v) is 3.80. The van der Waals surface area contributed by atoms with Crippen molar-refractivity contribution in [1.82, 2.24) is 4.72 Å². The Labute approximate surface area is 122 Å². The highest BCUT2D eigenvalue weighted by atomic mass is 79.9.